The summed E-state index contributed by atoms with van der Waals surface area (Å²) in [6, 6.07) is 9.90. The van der Waals surface area contributed by atoms with Gasteiger partial charge in [0.1, 0.15) is 6.54 Å². The molecule has 12 nitrogen and oxygen atoms in total. The topological polar surface area (TPSA) is 190 Å². The zero-order valence-electron chi connectivity index (χ0n) is 28.0. The van der Waals surface area contributed by atoms with Gasteiger partial charge in [-0.05, 0) is 75.1 Å². The van der Waals surface area contributed by atoms with E-state index in [1.54, 1.807) is 24.3 Å². The molecule has 0 unspecified atom stereocenters. The van der Waals surface area contributed by atoms with Crippen LogP contribution in [0.15, 0.2) is 72.5 Å². The molecule has 14 heteroatoms. The van der Waals surface area contributed by atoms with Gasteiger partial charge in [0.15, 0.2) is 5.71 Å². The van der Waals surface area contributed by atoms with Crippen LogP contribution in [0, 0.1) is 0 Å². The lowest BCUT2D eigenvalue weighted by Gasteiger charge is -2.27. The van der Waals surface area contributed by atoms with Crippen LogP contribution in [0.5, 0.6) is 0 Å². The number of rotatable bonds is 15. The van der Waals surface area contributed by atoms with Crippen LogP contribution in [0.3, 0.4) is 0 Å². The molecule has 0 atom stereocenters. The van der Waals surface area contributed by atoms with Gasteiger partial charge in [-0.15, -0.1) is 0 Å². The largest absolute Gasteiger partial charge is 0.478 e. The molecular weight excluding hydrogens is 673 g/mol. The SMILES string of the molecule is CC1(C)C(=CC=CC=CC2=[N+](CCCCS(=O)(=O)O)c3ccc(C(=O)O)cc3C2(C)C)N(CCCCS(=O)(=O)O)c2ccc(C(=O)O)cc21. The fraction of sp³-hybridized carbons (Fsp3) is 0.400. The van der Waals surface area contributed by atoms with E-state index in [9.17, 15) is 36.6 Å². The number of nitrogens with zero attached hydrogens (tertiary/aromatic N) is 2. The second-order valence-electron chi connectivity index (χ2n) is 13.3. The summed E-state index contributed by atoms with van der Waals surface area (Å²) in [5.74, 6) is -2.79. The first-order valence-corrected chi connectivity index (χ1v) is 19.1. The number of carboxylic acids is 2. The molecule has 0 radical (unpaired) electrons. The van der Waals surface area contributed by atoms with Crippen molar-refractivity contribution < 1.29 is 50.3 Å². The van der Waals surface area contributed by atoms with Gasteiger partial charge in [-0.3, -0.25) is 9.11 Å². The highest BCUT2D eigenvalue weighted by atomic mass is 32.2. The summed E-state index contributed by atoms with van der Waals surface area (Å²) in [6.45, 7) is 8.86. The van der Waals surface area contributed by atoms with Gasteiger partial charge >= 0.3 is 11.9 Å². The molecule has 0 saturated heterocycles. The number of hydrogen-bond acceptors (Lipinski definition) is 7. The molecule has 0 aliphatic carbocycles. The second-order valence-corrected chi connectivity index (χ2v) is 16.4. The number of hydrogen-bond donors (Lipinski definition) is 4. The third-order valence-electron chi connectivity index (χ3n) is 9.08. The predicted molar refractivity (Wildman–Crippen MR) is 188 cm³/mol. The van der Waals surface area contributed by atoms with E-state index in [4.69, 9.17) is 9.11 Å². The van der Waals surface area contributed by atoms with Gasteiger partial charge in [0.2, 0.25) is 5.69 Å². The van der Waals surface area contributed by atoms with Gasteiger partial charge in [-0.2, -0.15) is 21.4 Å². The summed E-state index contributed by atoms with van der Waals surface area (Å²) < 4.78 is 65.4. The Morgan fingerprint density at radius 1 is 0.755 bits per heavy atom. The molecule has 0 spiro atoms. The van der Waals surface area contributed by atoms with Crippen molar-refractivity contribution in [3.05, 3.63) is 94.7 Å². The minimum atomic E-state index is -4.09. The lowest BCUT2D eigenvalue weighted by Crippen LogP contribution is -2.28. The minimum Gasteiger partial charge on any atom is -0.478 e. The summed E-state index contributed by atoms with van der Waals surface area (Å²) in [7, 11) is -8.18. The second kappa shape index (κ2) is 14.4. The summed E-state index contributed by atoms with van der Waals surface area (Å²) in [4.78, 5) is 25.5. The van der Waals surface area contributed by atoms with E-state index in [1.807, 2.05) is 67.6 Å². The first-order chi connectivity index (χ1) is 22.7. The molecule has 264 valence electrons. The number of aromatic carboxylic acids is 2. The van der Waals surface area contributed by atoms with Crippen LogP contribution in [0.1, 0.15) is 85.2 Å². The van der Waals surface area contributed by atoms with Crippen molar-refractivity contribution in [3.8, 4) is 0 Å². The molecule has 0 fully saturated rings. The normalized spacial score (nSPS) is 17.8. The molecule has 0 bridgehead atoms. The van der Waals surface area contributed by atoms with Gasteiger partial charge < -0.3 is 15.1 Å². The number of anilines is 1. The van der Waals surface area contributed by atoms with Crippen LogP contribution in [0.25, 0.3) is 0 Å². The molecule has 2 aliphatic rings. The maximum atomic E-state index is 11.7. The molecule has 2 heterocycles. The van der Waals surface area contributed by atoms with E-state index in [-0.39, 0.29) is 35.5 Å². The van der Waals surface area contributed by atoms with E-state index in [0.29, 0.717) is 25.9 Å². The number of allylic oxidation sites excluding steroid dienone is 6. The van der Waals surface area contributed by atoms with Gasteiger partial charge in [0.25, 0.3) is 20.2 Å². The van der Waals surface area contributed by atoms with Gasteiger partial charge in [-0.25, -0.2) is 9.59 Å². The number of carboxylic acid groups (broad SMARTS) is 2. The summed E-state index contributed by atoms with van der Waals surface area (Å²) >= 11 is 0. The molecule has 4 N–H and O–H groups in total. The monoisotopic (exact) mass is 715 g/mol. The van der Waals surface area contributed by atoms with Crippen molar-refractivity contribution in [2.24, 2.45) is 0 Å². The number of benzene rings is 2. The molecule has 0 saturated carbocycles. The average molecular weight is 716 g/mol. The van der Waals surface area contributed by atoms with Crippen molar-refractivity contribution in [1.29, 1.82) is 0 Å². The number of fused-ring (bicyclic) bond motifs is 2. The Labute approximate surface area is 287 Å². The lowest BCUT2D eigenvalue weighted by molar-refractivity contribution is -0.438. The van der Waals surface area contributed by atoms with Gasteiger partial charge in [0, 0.05) is 47.5 Å². The first-order valence-electron chi connectivity index (χ1n) is 15.9. The van der Waals surface area contributed by atoms with E-state index in [2.05, 4.69) is 0 Å². The molecule has 0 aromatic heterocycles. The van der Waals surface area contributed by atoms with E-state index in [1.165, 1.54) is 12.1 Å². The van der Waals surface area contributed by atoms with Crippen molar-refractivity contribution >= 4 is 49.3 Å². The summed E-state index contributed by atoms with van der Waals surface area (Å²) in [5, 5.41) is 19.2. The third kappa shape index (κ3) is 8.74. The summed E-state index contributed by atoms with van der Waals surface area (Å²) in [5.41, 5.74) is 4.21. The third-order valence-corrected chi connectivity index (χ3v) is 10.7. The van der Waals surface area contributed by atoms with Crippen molar-refractivity contribution in [3.63, 3.8) is 0 Å². The maximum Gasteiger partial charge on any atom is 0.335 e. The van der Waals surface area contributed by atoms with Crippen LogP contribution < -0.4 is 4.90 Å². The van der Waals surface area contributed by atoms with Crippen molar-refractivity contribution in [1.82, 2.24) is 0 Å². The maximum absolute atomic E-state index is 11.7. The standard InChI is InChI=1S/C35H42N2O10S2/c1-34(2)26-22-24(32(38)39)14-16-28(26)36(18-8-10-20-48(42,43)44)30(34)12-6-5-7-13-31-35(3,4)27-23-25(33(40)41)15-17-29(27)37(31)19-9-11-21-49(45,46)47/h5-7,12-17,22-23H,8-11,18-21H2,1-4H3,(H3-,38,39,40,41,42,43,44,45,46,47)/p+1. The van der Waals surface area contributed by atoms with Crippen molar-refractivity contribution in [2.45, 2.75) is 64.2 Å². The van der Waals surface area contributed by atoms with E-state index < -0.39 is 43.0 Å². The highest BCUT2D eigenvalue weighted by molar-refractivity contribution is 7.86. The Morgan fingerprint density at radius 3 is 1.92 bits per heavy atom. The molecule has 2 aromatic carbocycles. The predicted octanol–water partition coefficient (Wildman–Crippen LogP) is 5.59. The van der Waals surface area contributed by atoms with Gasteiger partial charge in [0.05, 0.1) is 28.0 Å². The fourth-order valence-electron chi connectivity index (χ4n) is 6.57. The highest BCUT2D eigenvalue weighted by Gasteiger charge is 2.44. The van der Waals surface area contributed by atoms with E-state index >= 15 is 0 Å². The molecule has 2 aromatic rings. The Bertz CT molecular complexity index is 1990. The highest BCUT2D eigenvalue weighted by Crippen LogP contribution is 2.48. The Hall–Kier alpha value is -4.11. The fourth-order valence-corrected chi connectivity index (χ4v) is 7.70. The molecule has 0 amide bonds. The minimum absolute atomic E-state index is 0.160. The van der Waals surface area contributed by atoms with Gasteiger partial charge in [-0.1, -0.05) is 32.1 Å². The van der Waals surface area contributed by atoms with Crippen LogP contribution in [-0.4, -0.2) is 83.0 Å². The average Bonchev–Trinajstić information content (AvgIpc) is 3.34. The zero-order valence-corrected chi connectivity index (χ0v) is 29.6. The smallest absolute Gasteiger partial charge is 0.335 e. The first kappa shape index (κ1) is 37.7. The van der Waals surface area contributed by atoms with Crippen LogP contribution >= 0.6 is 0 Å². The van der Waals surface area contributed by atoms with E-state index in [0.717, 1.165) is 33.9 Å². The number of unbranched alkanes of at least 4 members (excludes halogenated alkanes) is 2. The van der Waals surface area contributed by atoms with Crippen LogP contribution in [0.4, 0.5) is 11.4 Å². The van der Waals surface area contributed by atoms with Crippen molar-refractivity contribution in [2.75, 3.05) is 29.5 Å². The Morgan fingerprint density at radius 2 is 1.33 bits per heavy atom. The zero-order chi connectivity index (χ0) is 36.4. The Balaban J connectivity index is 1.65. The molecule has 2 aliphatic heterocycles. The quantitative estimate of drug-likeness (QED) is 0.0779. The lowest BCUT2D eigenvalue weighted by atomic mass is 9.81. The molecule has 49 heavy (non-hydrogen) atoms. The summed E-state index contributed by atoms with van der Waals surface area (Å²) in [6.07, 6.45) is 10.9. The molecule has 4 rings (SSSR count). The van der Waals surface area contributed by atoms with Crippen LogP contribution in [-0.2, 0) is 31.1 Å². The molecular formula is C35H43N2O10S2+. The Kier molecular flexibility index (Phi) is 11.1. The number of carbonyl (C=O) groups is 2. The van der Waals surface area contributed by atoms with Crippen LogP contribution in [0.2, 0.25) is 0 Å².